The summed E-state index contributed by atoms with van der Waals surface area (Å²) in [5.41, 5.74) is 1.95. The average molecular weight is 390 g/mol. The van der Waals surface area contributed by atoms with Crippen LogP contribution in [-0.2, 0) is 6.42 Å². The molecular formula is C16H15BrCl2O2. The first kappa shape index (κ1) is 16.5. The second-order valence-corrected chi connectivity index (χ2v) is 6.35. The molecule has 0 saturated carbocycles. The van der Waals surface area contributed by atoms with E-state index in [1.165, 1.54) is 0 Å². The molecule has 0 heterocycles. The normalized spacial score (nSPS) is 12.0. The number of hydrogen-bond donors (Lipinski definition) is 0. The van der Waals surface area contributed by atoms with Gasteiger partial charge in [-0.2, -0.15) is 0 Å². The Hall–Kier alpha value is -0.900. The van der Waals surface area contributed by atoms with Gasteiger partial charge in [-0.15, -0.1) is 11.6 Å². The Morgan fingerprint density at radius 2 is 1.90 bits per heavy atom. The Balaban J connectivity index is 2.29. The van der Waals surface area contributed by atoms with Crippen molar-refractivity contribution in [2.45, 2.75) is 11.8 Å². The van der Waals surface area contributed by atoms with Crippen molar-refractivity contribution in [1.82, 2.24) is 0 Å². The Kier molecular flexibility index (Phi) is 5.80. The molecule has 2 rings (SSSR count). The van der Waals surface area contributed by atoms with E-state index in [4.69, 9.17) is 32.7 Å². The fourth-order valence-electron chi connectivity index (χ4n) is 2.14. The summed E-state index contributed by atoms with van der Waals surface area (Å²) >= 11 is 16.1. The summed E-state index contributed by atoms with van der Waals surface area (Å²) in [5, 5.41) is 0.371. The molecule has 0 aliphatic carbocycles. The highest BCUT2D eigenvalue weighted by Gasteiger charge is 2.18. The van der Waals surface area contributed by atoms with E-state index in [0.717, 1.165) is 21.3 Å². The molecule has 0 spiro atoms. The molecule has 0 aromatic heterocycles. The van der Waals surface area contributed by atoms with Gasteiger partial charge >= 0.3 is 0 Å². The lowest BCUT2D eigenvalue weighted by atomic mass is 10.0. The molecule has 21 heavy (non-hydrogen) atoms. The molecule has 0 N–H and O–H groups in total. The topological polar surface area (TPSA) is 18.5 Å². The van der Waals surface area contributed by atoms with Crippen molar-refractivity contribution in [1.29, 1.82) is 0 Å². The van der Waals surface area contributed by atoms with E-state index < -0.39 is 0 Å². The van der Waals surface area contributed by atoms with Crippen LogP contribution in [0.4, 0.5) is 0 Å². The van der Waals surface area contributed by atoms with E-state index in [-0.39, 0.29) is 5.38 Å². The van der Waals surface area contributed by atoms with Gasteiger partial charge in [-0.3, -0.25) is 0 Å². The van der Waals surface area contributed by atoms with Gasteiger partial charge in [-0.05, 0) is 52.2 Å². The molecule has 1 atom stereocenters. The minimum Gasteiger partial charge on any atom is -0.497 e. The predicted molar refractivity (Wildman–Crippen MR) is 91.0 cm³/mol. The molecule has 0 radical (unpaired) electrons. The highest BCUT2D eigenvalue weighted by atomic mass is 79.9. The number of halogens is 3. The average Bonchev–Trinajstić information content (AvgIpc) is 2.46. The van der Waals surface area contributed by atoms with E-state index in [0.29, 0.717) is 17.2 Å². The maximum absolute atomic E-state index is 6.56. The van der Waals surface area contributed by atoms with E-state index in [1.54, 1.807) is 20.3 Å². The van der Waals surface area contributed by atoms with Crippen molar-refractivity contribution in [2.24, 2.45) is 0 Å². The first-order chi connectivity index (χ1) is 10.0. The number of ether oxygens (including phenoxy) is 2. The summed E-state index contributed by atoms with van der Waals surface area (Å²) in [6, 6.07) is 11.5. The molecule has 2 nitrogen and oxygen atoms in total. The Morgan fingerprint density at radius 1 is 1.14 bits per heavy atom. The largest absolute Gasteiger partial charge is 0.497 e. The standard InChI is InChI=1S/C16H15BrCl2O2/c1-20-12-5-3-4-10(6-12)7-15(19)13-8-11(18)9-14(17)16(13)21-2/h3-6,8-9,15H,7H2,1-2H3. The molecule has 0 aliphatic heterocycles. The minimum absolute atomic E-state index is 0.248. The van der Waals surface area contributed by atoms with Gasteiger partial charge in [0, 0.05) is 10.6 Å². The number of benzene rings is 2. The Labute approximate surface area is 143 Å². The quantitative estimate of drug-likeness (QED) is 0.615. The Bertz CT molecular complexity index is 632. The zero-order valence-corrected chi connectivity index (χ0v) is 14.8. The SMILES string of the molecule is COc1cccc(CC(Cl)c2cc(Cl)cc(Br)c2OC)c1. The molecule has 5 heteroatoms. The van der Waals surface area contributed by atoms with Gasteiger partial charge < -0.3 is 9.47 Å². The molecule has 0 bridgehead atoms. The van der Waals surface area contributed by atoms with Gasteiger partial charge in [0.25, 0.3) is 0 Å². The smallest absolute Gasteiger partial charge is 0.137 e. The number of alkyl halides is 1. The fourth-order valence-corrected chi connectivity index (χ4v) is 3.48. The number of rotatable bonds is 5. The Morgan fingerprint density at radius 3 is 2.57 bits per heavy atom. The molecule has 2 aromatic rings. The van der Waals surface area contributed by atoms with Crippen molar-refractivity contribution < 1.29 is 9.47 Å². The maximum atomic E-state index is 6.56. The van der Waals surface area contributed by atoms with Crippen LogP contribution >= 0.6 is 39.1 Å². The van der Waals surface area contributed by atoms with Crippen LogP contribution in [0.1, 0.15) is 16.5 Å². The zero-order valence-electron chi connectivity index (χ0n) is 11.7. The summed E-state index contributed by atoms with van der Waals surface area (Å²) in [7, 11) is 3.26. The summed E-state index contributed by atoms with van der Waals surface area (Å²) in [5.74, 6) is 1.53. The third-order valence-corrected chi connectivity index (χ3v) is 4.32. The lowest BCUT2D eigenvalue weighted by Gasteiger charge is -2.16. The summed E-state index contributed by atoms with van der Waals surface area (Å²) in [4.78, 5) is 0. The van der Waals surface area contributed by atoms with Gasteiger partial charge in [0.15, 0.2) is 0 Å². The van der Waals surface area contributed by atoms with Crippen LogP contribution < -0.4 is 9.47 Å². The first-order valence-corrected chi connectivity index (χ1v) is 7.95. The van der Waals surface area contributed by atoms with E-state index in [1.807, 2.05) is 30.3 Å². The number of methoxy groups -OCH3 is 2. The van der Waals surface area contributed by atoms with E-state index in [2.05, 4.69) is 15.9 Å². The van der Waals surface area contributed by atoms with Crippen molar-refractivity contribution in [2.75, 3.05) is 14.2 Å². The summed E-state index contributed by atoms with van der Waals surface area (Å²) in [6.45, 7) is 0. The highest BCUT2D eigenvalue weighted by molar-refractivity contribution is 9.10. The van der Waals surface area contributed by atoms with Crippen molar-refractivity contribution in [3.8, 4) is 11.5 Å². The van der Waals surface area contributed by atoms with Gasteiger partial charge in [0.05, 0.1) is 24.1 Å². The van der Waals surface area contributed by atoms with Crippen LogP contribution in [0.5, 0.6) is 11.5 Å². The molecule has 1 unspecified atom stereocenters. The number of hydrogen-bond acceptors (Lipinski definition) is 2. The van der Waals surface area contributed by atoms with Gasteiger partial charge in [-0.1, -0.05) is 23.7 Å². The molecule has 0 fully saturated rings. The molecule has 0 amide bonds. The second kappa shape index (κ2) is 7.39. The van der Waals surface area contributed by atoms with Crippen molar-refractivity contribution in [3.63, 3.8) is 0 Å². The van der Waals surface area contributed by atoms with Crippen LogP contribution in [0, 0.1) is 0 Å². The second-order valence-electron chi connectivity index (χ2n) is 4.53. The van der Waals surface area contributed by atoms with Gasteiger partial charge in [0.1, 0.15) is 11.5 Å². The van der Waals surface area contributed by atoms with E-state index in [9.17, 15) is 0 Å². The fraction of sp³-hybridized carbons (Fsp3) is 0.250. The third-order valence-electron chi connectivity index (χ3n) is 3.13. The molecule has 0 aliphatic rings. The van der Waals surface area contributed by atoms with Crippen LogP contribution in [0.15, 0.2) is 40.9 Å². The van der Waals surface area contributed by atoms with Crippen molar-refractivity contribution >= 4 is 39.1 Å². The van der Waals surface area contributed by atoms with Crippen LogP contribution in [0.2, 0.25) is 5.02 Å². The molecular weight excluding hydrogens is 375 g/mol. The van der Waals surface area contributed by atoms with Crippen LogP contribution in [-0.4, -0.2) is 14.2 Å². The summed E-state index contributed by atoms with van der Waals surface area (Å²) in [6.07, 6.45) is 0.655. The monoisotopic (exact) mass is 388 g/mol. The predicted octanol–water partition coefficient (Wildman–Crippen LogP) is 5.64. The maximum Gasteiger partial charge on any atom is 0.137 e. The zero-order chi connectivity index (χ0) is 15.4. The molecule has 112 valence electrons. The van der Waals surface area contributed by atoms with Crippen LogP contribution in [0.25, 0.3) is 0 Å². The lowest BCUT2D eigenvalue weighted by Crippen LogP contribution is -2.00. The van der Waals surface area contributed by atoms with Gasteiger partial charge in [0.2, 0.25) is 0 Å². The van der Waals surface area contributed by atoms with E-state index >= 15 is 0 Å². The third kappa shape index (κ3) is 4.06. The van der Waals surface area contributed by atoms with Crippen molar-refractivity contribution in [3.05, 3.63) is 57.0 Å². The minimum atomic E-state index is -0.248. The lowest BCUT2D eigenvalue weighted by molar-refractivity contribution is 0.406. The molecule has 2 aromatic carbocycles. The van der Waals surface area contributed by atoms with Crippen LogP contribution in [0.3, 0.4) is 0 Å². The van der Waals surface area contributed by atoms with Gasteiger partial charge in [-0.25, -0.2) is 0 Å². The highest BCUT2D eigenvalue weighted by Crippen LogP contribution is 2.39. The molecule has 0 saturated heterocycles. The summed E-state index contributed by atoms with van der Waals surface area (Å²) < 4.78 is 11.4. The first-order valence-electron chi connectivity index (χ1n) is 6.35.